The van der Waals surface area contributed by atoms with Crippen LogP contribution in [-0.2, 0) is 0 Å². The molecule has 2 N–H and O–H groups in total. The molecule has 0 radical (unpaired) electrons. The van der Waals surface area contributed by atoms with Crippen molar-refractivity contribution in [3.63, 3.8) is 0 Å². The molecular formula is C10H17N. The van der Waals surface area contributed by atoms with Crippen molar-refractivity contribution in [2.24, 2.45) is 28.9 Å². The van der Waals surface area contributed by atoms with Gasteiger partial charge in [-0.2, -0.15) is 0 Å². The van der Waals surface area contributed by atoms with Crippen LogP contribution in [-0.4, -0.2) is 6.54 Å². The average molecular weight is 151 g/mol. The van der Waals surface area contributed by atoms with E-state index in [0.717, 1.165) is 24.3 Å². The SMILES string of the molecule is NCC12CCC(CC1)C1CC12. The summed E-state index contributed by atoms with van der Waals surface area (Å²) in [5.41, 5.74) is 6.53. The van der Waals surface area contributed by atoms with E-state index in [-0.39, 0.29) is 0 Å². The van der Waals surface area contributed by atoms with Crippen molar-refractivity contribution in [3.05, 3.63) is 0 Å². The highest BCUT2D eigenvalue weighted by molar-refractivity contribution is 5.10. The van der Waals surface area contributed by atoms with Crippen LogP contribution in [0.15, 0.2) is 0 Å². The van der Waals surface area contributed by atoms with Crippen molar-refractivity contribution in [2.45, 2.75) is 32.1 Å². The molecule has 4 aliphatic carbocycles. The molecule has 2 unspecified atom stereocenters. The molecule has 4 aliphatic rings. The van der Waals surface area contributed by atoms with E-state index in [1.54, 1.807) is 0 Å². The summed E-state index contributed by atoms with van der Waals surface area (Å²) in [7, 11) is 0. The zero-order valence-electron chi connectivity index (χ0n) is 7.05. The van der Waals surface area contributed by atoms with E-state index in [2.05, 4.69) is 0 Å². The second kappa shape index (κ2) is 1.82. The molecule has 0 aliphatic heterocycles. The molecular weight excluding hydrogens is 134 g/mol. The molecule has 0 saturated heterocycles. The molecule has 0 aromatic heterocycles. The van der Waals surface area contributed by atoms with E-state index in [0.29, 0.717) is 5.41 Å². The first-order chi connectivity index (χ1) is 5.36. The highest BCUT2D eigenvalue weighted by atomic mass is 14.7. The van der Waals surface area contributed by atoms with Crippen molar-refractivity contribution in [1.29, 1.82) is 0 Å². The molecule has 0 amide bonds. The third kappa shape index (κ3) is 0.658. The third-order valence-electron chi connectivity index (χ3n) is 4.66. The fourth-order valence-corrected chi connectivity index (χ4v) is 3.81. The lowest BCUT2D eigenvalue weighted by atomic mass is 9.61. The predicted octanol–water partition coefficient (Wildman–Crippen LogP) is 1.77. The number of fused-ring (bicyclic) bond motifs is 2. The molecule has 1 nitrogen and oxygen atoms in total. The third-order valence-corrected chi connectivity index (χ3v) is 4.66. The second-order valence-electron chi connectivity index (χ2n) is 4.91. The Balaban J connectivity index is 1.93. The Kier molecular flexibility index (Phi) is 1.07. The fourth-order valence-electron chi connectivity index (χ4n) is 3.81. The molecule has 0 aromatic rings. The first-order valence-electron chi connectivity index (χ1n) is 5.06. The molecule has 62 valence electrons. The molecule has 2 atom stereocenters. The van der Waals surface area contributed by atoms with Crippen molar-refractivity contribution in [1.82, 2.24) is 0 Å². The normalized spacial score (nSPS) is 59.2. The smallest absolute Gasteiger partial charge is 0.00178 e. The first-order valence-corrected chi connectivity index (χ1v) is 5.06. The quantitative estimate of drug-likeness (QED) is 0.607. The van der Waals surface area contributed by atoms with Crippen molar-refractivity contribution < 1.29 is 0 Å². The van der Waals surface area contributed by atoms with Crippen LogP contribution in [0.4, 0.5) is 0 Å². The average Bonchev–Trinajstić information content (AvgIpc) is 2.86. The van der Waals surface area contributed by atoms with Crippen LogP contribution in [0, 0.1) is 23.2 Å². The zero-order valence-corrected chi connectivity index (χ0v) is 7.05. The molecule has 4 saturated carbocycles. The van der Waals surface area contributed by atoms with Crippen molar-refractivity contribution >= 4 is 0 Å². The number of hydrogen-bond donors (Lipinski definition) is 1. The van der Waals surface area contributed by atoms with E-state index in [1.165, 1.54) is 32.1 Å². The van der Waals surface area contributed by atoms with Gasteiger partial charge < -0.3 is 5.73 Å². The van der Waals surface area contributed by atoms with Gasteiger partial charge in [0.15, 0.2) is 0 Å². The molecule has 11 heavy (non-hydrogen) atoms. The maximum atomic E-state index is 5.89. The molecule has 2 bridgehead atoms. The molecule has 0 aromatic carbocycles. The molecule has 4 fully saturated rings. The lowest BCUT2D eigenvalue weighted by molar-refractivity contribution is 0.0588. The summed E-state index contributed by atoms with van der Waals surface area (Å²) in [5, 5.41) is 0. The minimum absolute atomic E-state index is 0.638. The van der Waals surface area contributed by atoms with Gasteiger partial charge in [0.25, 0.3) is 0 Å². The predicted molar refractivity (Wildman–Crippen MR) is 45.0 cm³/mol. The van der Waals surface area contributed by atoms with Crippen molar-refractivity contribution in [3.8, 4) is 0 Å². The highest BCUT2D eigenvalue weighted by Crippen LogP contribution is 2.67. The Morgan fingerprint density at radius 1 is 1.27 bits per heavy atom. The summed E-state index contributed by atoms with van der Waals surface area (Å²) in [6, 6.07) is 0. The first kappa shape index (κ1) is 6.47. The summed E-state index contributed by atoms with van der Waals surface area (Å²) in [4.78, 5) is 0. The van der Waals surface area contributed by atoms with Crippen LogP contribution in [0.3, 0.4) is 0 Å². The zero-order chi connectivity index (χ0) is 7.47. The highest BCUT2D eigenvalue weighted by Gasteiger charge is 2.60. The maximum Gasteiger partial charge on any atom is -0.00178 e. The molecule has 4 rings (SSSR count). The Hall–Kier alpha value is -0.0400. The van der Waals surface area contributed by atoms with Gasteiger partial charge >= 0.3 is 0 Å². The molecule has 1 heteroatoms. The summed E-state index contributed by atoms with van der Waals surface area (Å²) in [6.07, 6.45) is 7.43. The second-order valence-corrected chi connectivity index (χ2v) is 4.91. The number of hydrogen-bond acceptors (Lipinski definition) is 1. The minimum atomic E-state index is 0.638. The summed E-state index contributed by atoms with van der Waals surface area (Å²) >= 11 is 0. The minimum Gasteiger partial charge on any atom is -0.330 e. The van der Waals surface area contributed by atoms with E-state index in [4.69, 9.17) is 5.73 Å². The Morgan fingerprint density at radius 3 is 2.55 bits per heavy atom. The van der Waals surface area contributed by atoms with Gasteiger partial charge in [0, 0.05) is 0 Å². The van der Waals surface area contributed by atoms with Gasteiger partial charge in [-0.1, -0.05) is 0 Å². The largest absolute Gasteiger partial charge is 0.330 e. The fraction of sp³-hybridized carbons (Fsp3) is 1.00. The van der Waals surface area contributed by atoms with Crippen LogP contribution in [0.2, 0.25) is 0 Å². The molecule has 0 spiro atoms. The maximum absolute atomic E-state index is 5.89. The van der Waals surface area contributed by atoms with E-state index < -0.39 is 0 Å². The van der Waals surface area contributed by atoms with E-state index >= 15 is 0 Å². The summed E-state index contributed by atoms with van der Waals surface area (Å²) in [5.74, 6) is 3.31. The van der Waals surface area contributed by atoms with Crippen LogP contribution in [0.25, 0.3) is 0 Å². The summed E-state index contributed by atoms with van der Waals surface area (Å²) in [6.45, 7) is 0.973. The topological polar surface area (TPSA) is 26.0 Å². The van der Waals surface area contributed by atoms with Gasteiger partial charge in [-0.15, -0.1) is 0 Å². The van der Waals surface area contributed by atoms with Crippen LogP contribution in [0.1, 0.15) is 32.1 Å². The lowest BCUT2D eigenvalue weighted by Crippen LogP contribution is -2.42. The van der Waals surface area contributed by atoms with E-state index in [1.807, 2.05) is 0 Å². The van der Waals surface area contributed by atoms with Gasteiger partial charge in [0.05, 0.1) is 0 Å². The summed E-state index contributed by atoms with van der Waals surface area (Å²) < 4.78 is 0. The molecule has 0 heterocycles. The Bertz CT molecular complexity index is 179. The van der Waals surface area contributed by atoms with Gasteiger partial charge in [-0.25, -0.2) is 0 Å². The van der Waals surface area contributed by atoms with Gasteiger partial charge in [-0.3, -0.25) is 0 Å². The Labute approximate surface area is 68.3 Å². The number of nitrogens with two attached hydrogens (primary N) is 1. The van der Waals surface area contributed by atoms with Gasteiger partial charge in [-0.05, 0) is 61.8 Å². The van der Waals surface area contributed by atoms with Crippen LogP contribution >= 0.6 is 0 Å². The standard InChI is InChI=1S/C10H17N/c11-6-10-3-1-7(2-4-10)8-5-9(8)10/h7-9H,1-6,11H2. The van der Waals surface area contributed by atoms with Gasteiger partial charge in [0.2, 0.25) is 0 Å². The van der Waals surface area contributed by atoms with Crippen LogP contribution < -0.4 is 5.73 Å². The van der Waals surface area contributed by atoms with E-state index in [9.17, 15) is 0 Å². The van der Waals surface area contributed by atoms with Crippen LogP contribution in [0.5, 0.6) is 0 Å². The lowest BCUT2D eigenvalue weighted by Gasteiger charge is -2.45. The Morgan fingerprint density at radius 2 is 2.00 bits per heavy atom. The monoisotopic (exact) mass is 151 g/mol. The number of rotatable bonds is 1. The van der Waals surface area contributed by atoms with Crippen molar-refractivity contribution in [2.75, 3.05) is 6.54 Å². The van der Waals surface area contributed by atoms with Gasteiger partial charge in [0.1, 0.15) is 0 Å².